The number of furan rings is 1. The van der Waals surface area contributed by atoms with Crippen molar-refractivity contribution in [1.82, 2.24) is 15.6 Å². The van der Waals surface area contributed by atoms with Crippen molar-refractivity contribution in [1.29, 1.82) is 0 Å². The van der Waals surface area contributed by atoms with Crippen molar-refractivity contribution >= 4 is 12.1 Å². The van der Waals surface area contributed by atoms with Gasteiger partial charge in [-0.25, -0.2) is 5.43 Å². The highest BCUT2D eigenvalue weighted by Gasteiger charge is 2.12. The Kier molecular flexibility index (Phi) is 3.92. The molecule has 0 aliphatic rings. The molecule has 7 heteroatoms. The number of aromatic nitrogens is 2. The molecule has 116 valence electrons. The van der Waals surface area contributed by atoms with Crippen LogP contribution in [0.3, 0.4) is 0 Å². The summed E-state index contributed by atoms with van der Waals surface area (Å²) in [5.41, 5.74) is 3.96. The smallest absolute Gasteiger partial charge is 0.291 e. The van der Waals surface area contributed by atoms with Gasteiger partial charge in [-0.3, -0.25) is 9.89 Å². The first-order valence-corrected chi connectivity index (χ1v) is 6.86. The number of phenolic OH excluding ortho intramolecular Hbond substituents is 1. The fourth-order valence-corrected chi connectivity index (χ4v) is 1.93. The van der Waals surface area contributed by atoms with E-state index in [1.54, 1.807) is 24.3 Å². The number of hydrogen-bond donors (Lipinski definition) is 3. The van der Waals surface area contributed by atoms with Gasteiger partial charge in [-0.1, -0.05) is 0 Å². The van der Waals surface area contributed by atoms with E-state index >= 15 is 0 Å². The maximum absolute atomic E-state index is 12.0. The number of aromatic hydroxyl groups is 1. The fraction of sp³-hybridized carbons (Fsp3) is 0.0625. The molecule has 3 aromatic rings. The molecule has 2 aromatic heterocycles. The summed E-state index contributed by atoms with van der Waals surface area (Å²) in [6, 6.07) is 11.6. The number of amides is 1. The van der Waals surface area contributed by atoms with Gasteiger partial charge >= 0.3 is 0 Å². The SMILES string of the molecule is Cc1ccc(-c2cc(C(=O)N/N=C/c3ccc(O)cc3)n[nH]2)o1. The third-order valence-electron chi connectivity index (χ3n) is 3.09. The third kappa shape index (κ3) is 3.46. The number of aromatic amines is 1. The van der Waals surface area contributed by atoms with E-state index < -0.39 is 5.91 Å². The van der Waals surface area contributed by atoms with Crippen molar-refractivity contribution in [3.63, 3.8) is 0 Å². The highest BCUT2D eigenvalue weighted by molar-refractivity contribution is 5.94. The first-order valence-electron chi connectivity index (χ1n) is 6.86. The summed E-state index contributed by atoms with van der Waals surface area (Å²) >= 11 is 0. The van der Waals surface area contributed by atoms with Crippen molar-refractivity contribution in [2.45, 2.75) is 6.92 Å². The Hall–Kier alpha value is -3.35. The van der Waals surface area contributed by atoms with Crippen LogP contribution in [0, 0.1) is 6.92 Å². The summed E-state index contributed by atoms with van der Waals surface area (Å²) in [4.78, 5) is 12.0. The van der Waals surface area contributed by atoms with Crippen LogP contribution < -0.4 is 5.43 Å². The van der Waals surface area contributed by atoms with E-state index in [1.165, 1.54) is 18.3 Å². The highest BCUT2D eigenvalue weighted by atomic mass is 16.3. The maximum atomic E-state index is 12.0. The number of aryl methyl sites for hydroxylation is 1. The van der Waals surface area contributed by atoms with Crippen molar-refractivity contribution in [2.75, 3.05) is 0 Å². The highest BCUT2D eigenvalue weighted by Crippen LogP contribution is 2.20. The van der Waals surface area contributed by atoms with Gasteiger partial charge < -0.3 is 9.52 Å². The van der Waals surface area contributed by atoms with E-state index in [1.807, 2.05) is 13.0 Å². The summed E-state index contributed by atoms with van der Waals surface area (Å²) < 4.78 is 5.46. The maximum Gasteiger partial charge on any atom is 0.291 e. The summed E-state index contributed by atoms with van der Waals surface area (Å²) in [6.07, 6.45) is 1.47. The molecule has 0 bridgehead atoms. The number of carbonyl (C=O) groups excluding carboxylic acids is 1. The van der Waals surface area contributed by atoms with Crippen LogP contribution in [-0.4, -0.2) is 27.4 Å². The zero-order chi connectivity index (χ0) is 16.2. The summed E-state index contributed by atoms with van der Waals surface area (Å²) in [5.74, 6) is 1.12. The molecule has 0 radical (unpaired) electrons. The monoisotopic (exact) mass is 310 g/mol. The number of benzene rings is 1. The Morgan fingerprint density at radius 2 is 2.09 bits per heavy atom. The van der Waals surface area contributed by atoms with Crippen molar-refractivity contribution < 1.29 is 14.3 Å². The minimum atomic E-state index is -0.439. The molecular weight excluding hydrogens is 296 g/mol. The molecule has 1 amide bonds. The minimum Gasteiger partial charge on any atom is -0.508 e. The molecule has 0 aliphatic heterocycles. The molecule has 0 saturated carbocycles. The molecule has 0 spiro atoms. The molecule has 7 nitrogen and oxygen atoms in total. The van der Waals surface area contributed by atoms with E-state index in [0.717, 1.165) is 11.3 Å². The molecule has 0 unspecified atom stereocenters. The zero-order valence-corrected chi connectivity index (χ0v) is 12.3. The quantitative estimate of drug-likeness (QED) is 0.508. The van der Waals surface area contributed by atoms with Crippen LogP contribution in [0.5, 0.6) is 5.75 Å². The van der Waals surface area contributed by atoms with Crippen molar-refractivity contribution in [2.24, 2.45) is 5.10 Å². The van der Waals surface area contributed by atoms with Gasteiger partial charge in [-0.2, -0.15) is 10.2 Å². The van der Waals surface area contributed by atoms with E-state index in [4.69, 9.17) is 4.42 Å². The number of carbonyl (C=O) groups is 1. The average Bonchev–Trinajstić information content (AvgIpc) is 3.18. The zero-order valence-electron chi connectivity index (χ0n) is 12.3. The molecule has 0 atom stereocenters. The first-order chi connectivity index (χ1) is 11.1. The van der Waals surface area contributed by atoms with Gasteiger partial charge in [-0.05, 0) is 48.9 Å². The molecule has 2 heterocycles. The van der Waals surface area contributed by atoms with Crippen molar-refractivity contribution in [3.8, 4) is 17.2 Å². The molecule has 0 saturated heterocycles. The second-order valence-corrected chi connectivity index (χ2v) is 4.87. The second-order valence-electron chi connectivity index (χ2n) is 4.87. The number of rotatable bonds is 4. The van der Waals surface area contributed by atoms with Crippen LogP contribution >= 0.6 is 0 Å². The standard InChI is InChI=1S/C16H14N4O3/c1-10-2-7-15(23-10)13-8-14(19-18-13)16(22)20-17-9-11-3-5-12(21)6-4-11/h2-9,21H,1H3,(H,18,19)(H,20,22)/b17-9+. The summed E-state index contributed by atoms with van der Waals surface area (Å²) in [6.45, 7) is 1.84. The van der Waals surface area contributed by atoms with E-state index in [2.05, 4.69) is 20.7 Å². The first kappa shape index (κ1) is 14.6. The van der Waals surface area contributed by atoms with Crippen LogP contribution in [-0.2, 0) is 0 Å². The number of H-pyrrole nitrogens is 1. The number of hydrogen-bond acceptors (Lipinski definition) is 5. The Morgan fingerprint density at radius 3 is 2.78 bits per heavy atom. The predicted molar refractivity (Wildman–Crippen MR) is 84.2 cm³/mol. The molecule has 3 rings (SSSR count). The van der Waals surface area contributed by atoms with Gasteiger partial charge in [0.1, 0.15) is 17.2 Å². The molecule has 23 heavy (non-hydrogen) atoms. The Morgan fingerprint density at radius 1 is 1.30 bits per heavy atom. The number of nitrogens with zero attached hydrogens (tertiary/aromatic N) is 2. The molecule has 0 fully saturated rings. The molecular formula is C16H14N4O3. The number of nitrogens with one attached hydrogen (secondary N) is 2. The van der Waals surface area contributed by atoms with Gasteiger partial charge in [0.25, 0.3) is 5.91 Å². The Balaban J connectivity index is 1.64. The van der Waals surface area contributed by atoms with Gasteiger partial charge in [0.15, 0.2) is 11.5 Å². The topological polar surface area (TPSA) is 104 Å². The lowest BCUT2D eigenvalue weighted by Gasteiger charge is -1.95. The van der Waals surface area contributed by atoms with Crippen molar-refractivity contribution in [3.05, 3.63) is 59.5 Å². The van der Waals surface area contributed by atoms with E-state index in [0.29, 0.717) is 11.5 Å². The number of hydrazone groups is 1. The average molecular weight is 310 g/mol. The summed E-state index contributed by atoms with van der Waals surface area (Å²) in [5, 5.41) is 19.7. The van der Waals surface area contributed by atoms with Gasteiger partial charge in [0.2, 0.25) is 0 Å². The van der Waals surface area contributed by atoms with Crippen LogP contribution in [0.15, 0.2) is 52.0 Å². The lowest BCUT2D eigenvalue weighted by atomic mass is 10.2. The minimum absolute atomic E-state index is 0.170. The Labute approximate surface area is 131 Å². The fourth-order valence-electron chi connectivity index (χ4n) is 1.93. The van der Waals surface area contributed by atoms with Gasteiger partial charge in [0, 0.05) is 6.07 Å². The van der Waals surface area contributed by atoms with Crippen LogP contribution in [0.1, 0.15) is 21.8 Å². The Bertz CT molecular complexity index is 846. The van der Waals surface area contributed by atoms with Crippen LogP contribution in [0.4, 0.5) is 0 Å². The molecule has 1 aromatic carbocycles. The summed E-state index contributed by atoms with van der Waals surface area (Å²) in [7, 11) is 0. The van der Waals surface area contributed by atoms with E-state index in [9.17, 15) is 9.90 Å². The lowest BCUT2D eigenvalue weighted by molar-refractivity contribution is 0.0950. The predicted octanol–water partition coefficient (Wildman–Crippen LogP) is 2.45. The normalized spacial score (nSPS) is 11.0. The molecule has 0 aliphatic carbocycles. The largest absolute Gasteiger partial charge is 0.508 e. The third-order valence-corrected chi connectivity index (χ3v) is 3.09. The van der Waals surface area contributed by atoms with E-state index in [-0.39, 0.29) is 11.4 Å². The molecule has 3 N–H and O–H groups in total. The lowest BCUT2D eigenvalue weighted by Crippen LogP contribution is -2.17. The van der Waals surface area contributed by atoms with Crippen LogP contribution in [0.25, 0.3) is 11.5 Å². The second kappa shape index (κ2) is 6.18. The van der Waals surface area contributed by atoms with Crippen LogP contribution in [0.2, 0.25) is 0 Å². The van der Waals surface area contributed by atoms with Gasteiger partial charge in [-0.15, -0.1) is 0 Å². The van der Waals surface area contributed by atoms with Gasteiger partial charge in [0.05, 0.1) is 6.21 Å². The number of phenols is 1.